The molecule has 0 aliphatic rings. The van der Waals surface area contributed by atoms with E-state index in [9.17, 15) is 14.4 Å². The van der Waals surface area contributed by atoms with Crippen LogP contribution in [0.5, 0.6) is 0 Å². The molecule has 0 aliphatic heterocycles. The van der Waals surface area contributed by atoms with Crippen LogP contribution < -0.4 is 22.2 Å². The summed E-state index contributed by atoms with van der Waals surface area (Å²) in [6.45, 7) is 0. The van der Waals surface area contributed by atoms with Crippen molar-refractivity contribution in [2.24, 2.45) is 21.1 Å². The van der Waals surface area contributed by atoms with Gasteiger partial charge in [0.25, 0.3) is 17.0 Å². The van der Waals surface area contributed by atoms with E-state index in [1.165, 1.54) is 28.4 Å². The average Bonchev–Trinajstić information content (AvgIpc) is 2.81. The monoisotopic (exact) mass is 399 g/mol. The van der Waals surface area contributed by atoms with Crippen molar-refractivity contribution < 1.29 is 4.79 Å². The number of halogens is 1. The Morgan fingerprint density at radius 1 is 1.17 bits per heavy atom. The molecule has 0 atom stereocenters. The fourth-order valence-electron chi connectivity index (χ4n) is 2.06. The molecule has 130 valence electrons. The maximum absolute atomic E-state index is 12.4. The third-order valence-corrected chi connectivity index (χ3v) is 4.33. The van der Waals surface area contributed by atoms with Crippen LogP contribution in [0.3, 0.4) is 0 Å². The van der Waals surface area contributed by atoms with Crippen LogP contribution in [-0.2, 0) is 21.1 Å². The topological polar surface area (TPSA) is 120 Å². The highest BCUT2D eigenvalue weighted by molar-refractivity contribution is 9.10. The van der Waals surface area contributed by atoms with Crippen LogP contribution in [0.1, 0.15) is 10.5 Å². The zero-order valence-corrected chi connectivity index (χ0v) is 15.5. The van der Waals surface area contributed by atoms with E-state index >= 15 is 0 Å². The SMILES string of the molecule is CN(C)C(=O)c1nn(C)c(Nc2c(Br)c(=O)n(C)n(C)c2=O)c1N. The number of nitrogens with zero attached hydrogens (tertiary/aromatic N) is 5. The number of amides is 1. The molecule has 0 spiro atoms. The molecule has 0 fully saturated rings. The van der Waals surface area contributed by atoms with Gasteiger partial charge in [0, 0.05) is 35.2 Å². The van der Waals surface area contributed by atoms with Gasteiger partial charge in [-0.05, 0) is 15.9 Å². The summed E-state index contributed by atoms with van der Waals surface area (Å²) in [6, 6.07) is 0. The van der Waals surface area contributed by atoms with Crippen LogP contribution in [0, 0.1) is 0 Å². The van der Waals surface area contributed by atoms with Crippen molar-refractivity contribution in [2.45, 2.75) is 0 Å². The first-order valence-corrected chi connectivity index (χ1v) is 7.64. The van der Waals surface area contributed by atoms with Crippen LogP contribution in [0.25, 0.3) is 0 Å². The van der Waals surface area contributed by atoms with Crippen molar-refractivity contribution >= 4 is 39.0 Å². The van der Waals surface area contributed by atoms with Crippen LogP contribution in [0.4, 0.5) is 17.2 Å². The van der Waals surface area contributed by atoms with Gasteiger partial charge >= 0.3 is 0 Å². The number of hydrogen-bond acceptors (Lipinski definition) is 6. The Kier molecular flexibility index (Phi) is 4.56. The smallest absolute Gasteiger partial charge is 0.290 e. The molecular formula is C13H18BrN7O3. The summed E-state index contributed by atoms with van der Waals surface area (Å²) < 4.78 is 3.74. The zero-order valence-electron chi connectivity index (χ0n) is 13.9. The fourth-order valence-corrected chi connectivity index (χ4v) is 2.59. The minimum Gasteiger partial charge on any atom is -0.394 e. The van der Waals surface area contributed by atoms with Crippen LogP contribution >= 0.6 is 15.9 Å². The van der Waals surface area contributed by atoms with Crippen molar-refractivity contribution in [3.05, 3.63) is 30.9 Å². The molecule has 0 aliphatic carbocycles. The Labute approximate surface area is 145 Å². The number of rotatable bonds is 3. The molecule has 2 rings (SSSR count). The maximum atomic E-state index is 12.4. The van der Waals surface area contributed by atoms with Crippen molar-refractivity contribution in [1.82, 2.24) is 24.0 Å². The van der Waals surface area contributed by atoms with E-state index in [1.807, 2.05) is 0 Å². The summed E-state index contributed by atoms with van der Waals surface area (Å²) >= 11 is 3.13. The Bertz CT molecular complexity index is 939. The predicted molar refractivity (Wildman–Crippen MR) is 93.5 cm³/mol. The Hall–Kier alpha value is -2.56. The summed E-state index contributed by atoms with van der Waals surface area (Å²) in [5.41, 5.74) is 5.32. The first-order valence-electron chi connectivity index (χ1n) is 6.84. The molecule has 1 amide bonds. The molecule has 11 heteroatoms. The highest BCUT2D eigenvalue weighted by Gasteiger charge is 2.23. The molecule has 24 heavy (non-hydrogen) atoms. The molecule has 10 nitrogen and oxygen atoms in total. The summed E-state index contributed by atoms with van der Waals surface area (Å²) in [4.78, 5) is 38.0. The van der Waals surface area contributed by atoms with Gasteiger partial charge in [0.15, 0.2) is 11.5 Å². The molecule has 0 unspecified atom stereocenters. The third kappa shape index (κ3) is 2.70. The van der Waals surface area contributed by atoms with E-state index in [0.717, 1.165) is 4.68 Å². The van der Waals surface area contributed by atoms with Gasteiger partial charge in [0.05, 0.1) is 0 Å². The first-order chi connectivity index (χ1) is 11.1. The fraction of sp³-hybridized carbons (Fsp3) is 0.385. The van der Waals surface area contributed by atoms with E-state index in [-0.39, 0.29) is 33.3 Å². The number of carbonyl (C=O) groups excluding carboxylic acids is 1. The molecule has 0 radical (unpaired) electrons. The third-order valence-electron chi connectivity index (χ3n) is 3.59. The van der Waals surface area contributed by atoms with Gasteiger partial charge in [0.1, 0.15) is 15.8 Å². The van der Waals surface area contributed by atoms with Crippen molar-refractivity contribution in [3.63, 3.8) is 0 Å². The van der Waals surface area contributed by atoms with Crippen LogP contribution in [-0.4, -0.2) is 44.0 Å². The second-order valence-corrected chi connectivity index (χ2v) is 6.20. The van der Waals surface area contributed by atoms with Gasteiger partial charge in [-0.2, -0.15) is 5.10 Å². The Morgan fingerprint density at radius 2 is 1.71 bits per heavy atom. The Balaban J connectivity index is 2.61. The number of aromatic nitrogens is 4. The second-order valence-electron chi connectivity index (χ2n) is 5.41. The van der Waals surface area contributed by atoms with E-state index < -0.39 is 11.1 Å². The largest absolute Gasteiger partial charge is 0.394 e. The second kappa shape index (κ2) is 6.15. The lowest BCUT2D eigenvalue weighted by Crippen LogP contribution is -2.37. The highest BCUT2D eigenvalue weighted by Crippen LogP contribution is 2.27. The lowest BCUT2D eigenvalue weighted by molar-refractivity contribution is 0.0822. The number of hydrogen-bond donors (Lipinski definition) is 2. The quantitative estimate of drug-likeness (QED) is 0.724. The van der Waals surface area contributed by atoms with Crippen LogP contribution in [0.2, 0.25) is 0 Å². The standard InChI is InChI=1S/C13H18BrN7O3/c1-18(2)12(23)9-7(15)10(19(3)17-9)16-8-6(14)11(22)20(4)21(5)13(8)24/h16H,15H2,1-5H3. The minimum atomic E-state index is -0.440. The number of anilines is 3. The van der Waals surface area contributed by atoms with Gasteiger partial charge in [-0.25, -0.2) is 14.0 Å². The highest BCUT2D eigenvalue weighted by atomic mass is 79.9. The average molecular weight is 400 g/mol. The van der Waals surface area contributed by atoms with Gasteiger partial charge in [-0.1, -0.05) is 0 Å². The van der Waals surface area contributed by atoms with Crippen molar-refractivity contribution in [3.8, 4) is 0 Å². The zero-order chi connectivity index (χ0) is 18.3. The van der Waals surface area contributed by atoms with Gasteiger partial charge in [0.2, 0.25) is 0 Å². The number of carbonyl (C=O) groups is 1. The minimum absolute atomic E-state index is 0.0131. The van der Waals surface area contributed by atoms with Gasteiger partial charge in [-0.3, -0.25) is 14.4 Å². The summed E-state index contributed by atoms with van der Waals surface area (Å²) in [6.07, 6.45) is 0. The van der Waals surface area contributed by atoms with Gasteiger partial charge in [-0.15, -0.1) is 0 Å². The first kappa shape index (κ1) is 17.8. The number of nitrogen functional groups attached to an aromatic ring is 1. The summed E-state index contributed by atoms with van der Waals surface area (Å²) in [7, 11) is 7.68. The molecule has 0 saturated heterocycles. The van der Waals surface area contributed by atoms with Crippen molar-refractivity contribution in [1.29, 1.82) is 0 Å². The lowest BCUT2D eigenvalue weighted by atomic mass is 10.3. The normalized spacial score (nSPS) is 10.8. The molecular weight excluding hydrogens is 382 g/mol. The predicted octanol–water partition coefficient (Wildman–Crippen LogP) is -0.392. The number of nitrogens with one attached hydrogen (secondary N) is 1. The number of nitrogens with two attached hydrogens (primary N) is 1. The molecule has 0 aromatic carbocycles. The Morgan fingerprint density at radius 3 is 2.25 bits per heavy atom. The molecule has 2 heterocycles. The molecule has 2 aromatic rings. The molecule has 0 bridgehead atoms. The summed E-state index contributed by atoms with van der Waals surface area (Å²) in [5, 5.41) is 6.89. The van der Waals surface area contributed by atoms with E-state index in [4.69, 9.17) is 5.73 Å². The van der Waals surface area contributed by atoms with Gasteiger partial charge < -0.3 is 16.0 Å². The van der Waals surface area contributed by atoms with E-state index in [1.54, 1.807) is 21.1 Å². The van der Waals surface area contributed by atoms with E-state index in [2.05, 4.69) is 26.3 Å². The molecule has 0 saturated carbocycles. The number of aryl methyl sites for hydroxylation is 1. The van der Waals surface area contributed by atoms with Crippen LogP contribution in [0.15, 0.2) is 14.1 Å². The van der Waals surface area contributed by atoms with E-state index in [0.29, 0.717) is 0 Å². The van der Waals surface area contributed by atoms with Crippen molar-refractivity contribution in [2.75, 3.05) is 25.1 Å². The lowest BCUT2D eigenvalue weighted by Gasteiger charge is -2.13. The summed E-state index contributed by atoms with van der Waals surface area (Å²) in [5.74, 6) is -0.127. The molecule has 2 aromatic heterocycles. The molecule has 3 N–H and O–H groups in total. The maximum Gasteiger partial charge on any atom is 0.290 e.